The molecule has 0 fully saturated rings. The summed E-state index contributed by atoms with van der Waals surface area (Å²) < 4.78 is 5.72. The van der Waals surface area contributed by atoms with Gasteiger partial charge in [0.15, 0.2) is 0 Å². The van der Waals surface area contributed by atoms with Crippen LogP contribution in [0.15, 0.2) is 24.3 Å². The van der Waals surface area contributed by atoms with E-state index < -0.39 is 0 Å². The first-order chi connectivity index (χ1) is 8.67. The average Bonchev–Trinajstić information content (AvgIpc) is 2.38. The van der Waals surface area contributed by atoms with Crippen LogP contribution in [0.5, 0.6) is 5.75 Å². The van der Waals surface area contributed by atoms with Gasteiger partial charge in [0.2, 0.25) is 0 Å². The highest BCUT2D eigenvalue weighted by Crippen LogP contribution is 2.20. The van der Waals surface area contributed by atoms with Gasteiger partial charge in [-0.25, -0.2) is 0 Å². The summed E-state index contributed by atoms with van der Waals surface area (Å²) in [6.45, 7) is 8.03. The first kappa shape index (κ1) is 15.0. The predicted molar refractivity (Wildman–Crippen MR) is 75.2 cm³/mol. The summed E-state index contributed by atoms with van der Waals surface area (Å²) in [5.74, 6) is 1.43. The highest BCUT2D eigenvalue weighted by atomic mass is 16.5. The van der Waals surface area contributed by atoms with Crippen LogP contribution in [0.1, 0.15) is 38.7 Å². The maximum absolute atomic E-state index is 9.15. The SMILES string of the molecule is CCNC(CO)CCOc1cccc(C(C)C)c1. The number of hydrogen-bond donors (Lipinski definition) is 2. The van der Waals surface area contributed by atoms with Crippen LogP contribution in [0.25, 0.3) is 0 Å². The normalized spacial score (nSPS) is 12.7. The minimum Gasteiger partial charge on any atom is -0.494 e. The highest BCUT2D eigenvalue weighted by molar-refractivity contribution is 5.30. The second-order valence-electron chi connectivity index (χ2n) is 4.80. The summed E-state index contributed by atoms with van der Waals surface area (Å²) in [5, 5.41) is 12.4. The Kier molecular flexibility index (Phi) is 6.76. The van der Waals surface area contributed by atoms with E-state index in [1.54, 1.807) is 0 Å². The van der Waals surface area contributed by atoms with E-state index in [4.69, 9.17) is 9.84 Å². The van der Waals surface area contributed by atoms with Gasteiger partial charge in [0.1, 0.15) is 5.75 Å². The molecule has 3 heteroatoms. The van der Waals surface area contributed by atoms with Crippen LogP contribution in [0.2, 0.25) is 0 Å². The molecule has 2 N–H and O–H groups in total. The molecule has 1 aromatic rings. The van der Waals surface area contributed by atoms with Gasteiger partial charge >= 0.3 is 0 Å². The summed E-state index contributed by atoms with van der Waals surface area (Å²) in [4.78, 5) is 0. The average molecular weight is 251 g/mol. The maximum atomic E-state index is 9.15. The molecule has 0 radical (unpaired) electrons. The minimum absolute atomic E-state index is 0.128. The second kappa shape index (κ2) is 8.11. The molecule has 18 heavy (non-hydrogen) atoms. The highest BCUT2D eigenvalue weighted by Gasteiger charge is 2.06. The van der Waals surface area contributed by atoms with Gasteiger partial charge in [-0.3, -0.25) is 0 Å². The van der Waals surface area contributed by atoms with Gasteiger partial charge in [0, 0.05) is 6.04 Å². The maximum Gasteiger partial charge on any atom is 0.119 e. The molecular formula is C15H25NO2. The van der Waals surface area contributed by atoms with Gasteiger partial charge in [0.25, 0.3) is 0 Å². The summed E-state index contributed by atoms with van der Waals surface area (Å²) in [5.41, 5.74) is 1.29. The Labute approximate surface area is 110 Å². The van der Waals surface area contributed by atoms with Gasteiger partial charge in [-0.05, 0) is 36.6 Å². The summed E-state index contributed by atoms with van der Waals surface area (Å²) in [6.07, 6.45) is 0.816. The molecule has 1 rings (SSSR count). The number of aliphatic hydroxyl groups excluding tert-OH is 1. The van der Waals surface area contributed by atoms with Crippen molar-refractivity contribution in [2.45, 2.75) is 39.2 Å². The predicted octanol–water partition coefficient (Wildman–Crippen LogP) is 2.55. The van der Waals surface area contributed by atoms with Crippen LogP contribution < -0.4 is 10.1 Å². The van der Waals surface area contributed by atoms with Crippen molar-refractivity contribution in [3.05, 3.63) is 29.8 Å². The fourth-order valence-electron chi connectivity index (χ4n) is 1.83. The zero-order chi connectivity index (χ0) is 13.4. The van der Waals surface area contributed by atoms with Crippen molar-refractivity contribution >= 4 is 0 Å². The van der Waals surface area contributed by atoms with Crippen LogP contribution in [0, 0.1) is 0 Å². The summed E-state index contributed by atoms with van der Waals surface area (Å²) in [6, 6.07) is 8.34. The molecule has 1 unspecified atom stereocenters. The standard InChI is InChI=1S/C15H25NO2/c1-4-16-14(11-17)8-9-18-15-7-5-6-13(10-15)12(2)3/h5-7,10,12,14,16-17H,4,8-9,11H2,1-3H3. The Balaban J connectivity index is 2.41. The number of benzene rings is 1. The number of nitrogens with one attached hydrogen (secondary N) is 1. The zero-order valence-corrected chi connectivity index (χ0v) is 11.6. The fraction of sp³-hybridized carbons (Fsp3) is 0.600. The van der Waals surface area contributed by atoms with Crippen molar-refractivity contribution in [2.24, 2.45) is 0 Å². The molecule has 0 saturated carbocycles. The Morgan fingerprint density at radius 1 is 1.33 bits per heavy atom. The molecular weight excluding hydrogens is 226 g/mol. The fourth-order valence-corrected chi connectivity index (χ4v) is 1.83. The molecule has 0 aliphatic carbocycles. The van der Waals surface area contributed by atoms with Gasteiger partial charge in [0.05, 0.1) is 13.2 Å². The van der Waals surface area contributed by atoms with Crippen molar-refractivity contribution in [2.75, 3.05) is 19.8 Å². The first-order valence-corrected chi connectivity index (χ1v) is 6.74. The van der Waals surface area contributed by atoms with E-state index in [2.05, 4.69) is 31.3 Å². The van der Waals surface area contributed by atoms with Gasteiger partial charge in [-0.2, -0.15) is 0 Å². The van der Waals surface area contributed by atoms with E-state index in [9.17, 15) is 0 Å². The van der Waals surface area contributed by atoms with Crippen molar-refractivity contribution in [3.8, 4) is 5.75 Å². The summed E-state index contributed by atoms with van der Waals surface area (Å²) >= 11 is 0. The Bertz CT molecular complexity index is 339. The van der Waals surface area contributed by atoms with E-state index in [1.807, 2.05) is 19.1 Å². The quantitative estimate of drug-likeness (QED) is 0.746. The number of likely N-dealkylation sites (N-methyl/N-ethyl adjacent to an activating group) is 1. The molecule has 0 bridgehead atoms. The van der Waals surface area contributed by atoms with Crippen molar-refractivity contribution in [1.29, 1.82) is 0 Å². The molecule has 1 atom stereocenters. The third-order valence-corrected chi connectivity index (χ3v) is 2.97. The van der Waals surface area contributed by atoms with Gasteiger partial charge in [-0.15, -0.1) is 0 Å². The van der Waals surface area contributed by atoms with Crippen molar-refractivity contribution in [1.82, 2.24) is 5.32 Å². The molecule has 1 aromatic carbocycles. The molecule has 0 aromatic heterocycles. The lowest BCUT2D eigenvalue weighted by Crippen LogP contribution is -2.33. The van der Waals surface area contributed by atoms with Gasteiger partial charge < -0.3 is 15.2 Å². The number of ether oxygens (including phenoxy) is 1. The van der Waals surface area contributed by atoms with Crippen LogP contribution in [-0.4, -0.2) is 30.9 Å². The Morgan fingerprint density at radius 2 is 2.11 bits per heavy atom. The molecule has 0 amide bonds. The molecule has 102 valence electrons. The first-order valence-electron chi connectivity index (χ1n) is 6.74. The van der Waals surface area contributed by atoms with E-state index in [0.29, 0.717) is 12.5 Å². The smallest absolute Gasteiger partial charge is 0.119 e. The lowest BCUT2D eigenvalue weighted by atomic mass is 10.0. The van der Waals surface area contributed by atoms with E-state index >= 15 is 0 Å². The van der Waals surface area contributed by atoms with Crippen molar-refractivity contribution < 1.29 is 9.84 Å². The van der Waals surface area contributed by atoms with E-state index in [-0.39, 0.29) is 12.6 Å². The van der Waals surface area contributed by atoms with Crippen LogP contribution in [-0.2, 0) is 0 Å². The lowest BCUT2D eigenvalue weighted by molar-refractivity contribution is 0.210. The number of hydrogen-bond acceptors (Lipinski definition) is 3. The third kappa shape index (κ3) is 5.07. The summed E-state index contributed by atoms with van der Waals surface area (Å²) in [7, 11) is 0. The molecule has 3 nitrogen and oxygen atoms in total. The Hall–Kier alpha value is -1.06. The van der Waals surface area contributed by atoms with Gasteiger partial charge in [-0.1, -0.05) is 32.9 Å². The molecule has 0 saturated heterocycles. The van der Waals surface area contributed by atoms with Crippen LogP contribution in [0.3, 0.4) is 0 Å². The molecule has 0 spiro atoms. The van der Waals surface area contributed by atoms with Crippen LogP contribution in [0.4, 0.5) is 0 Å². The lowest BCUT2D eigenvalue weighted by Gasteiger charge is -2.15. The van der Waals surface area contributed by atoms with E-state index in [1.165, 1.54) is 5.56 Å². The van der Waals surface area contributed by atoms with Crippen LogP contribution >= 0.6 is 0 Å². The number of aliphatic hydroxyl groups is 1. The zero-order valence-electron chi connectivity index (χ0n) is 11.6. The topological polar surface area (TPSA) is 41.5 Å². The third-order valence-electron chi connectivity index (χ3n) is 2.97. The largest absolute Gasteiger partial charge is 0.494 e. The van der Waals surface area contributed by atoms with E-state index in [0.717, 1.165) is 18.7 Å². The number of rotatable bonds is 8. The van der Waals surface area contributed by atoms with Crippen molar-refractivity contribution in [3.63, 3.8) is 0 Å². The molecule has 0 heterocycles. The molecule has 0 aliphatic heterocycles. The minimum atomic E-state index is 0.128. The monoisotopic (exact) mass is 251 g/mol. The Morgan fingerprint density at radius 3 is 2.72 bits per heavy atom. The molecule has 0 aliphatic rings. The second-order valence-corrected chi connectivity index (χ2v) is 4.80.